The Morgan fingerprint density at radius 3 is 2.71 bits per heavy atom. The van der Waals surface area contributed by atoms with Crippen molar-refractivity contribution >= 4 is 0 Å². The van der Waals surface area contributed by atoms with Gasteiger partial charge in [-0.3, -0.25) is 0 Å². The molecular formula is C14H20O3. The molecule has 1 N–H and O–H groups in total. The highest BCUT2D eigenvalue weighted by molar-refractivity contribution is 5.43. The van der Waals surface area contributed by atoms with E-state index in [1.165, 1.54) is 5.56 Å². The zero-order chi connectivity index (χ0) is 12.3. The van der Waals surface area contributed by atoms with Crippen LogP contribution in [0.1, 0.15) is 31.7 Å². The lowest BCUT2D eigenvalue weighted by Gasteiger charge is -2.19. The van der Waals surface area contributed by atoms with Gasteiger partial charge in [-0.15, -0.1) is 0 Å². The SMILES string of the molecule is CCc1ccc(OC2CCCC2O)c(OC)c1. The number of rotatable bonds is 4. The fraction of sp³-hybridized carbons (Fsp3) is 0.571. The maximum Gasteiger partial charge on any atom is 0.161 e. The van der Waals surface area contributed by atoms with E-state index in [9.17, 15) is 5.11 Å². The molecule has 2 rings (SSSR count). The average molecular weight is 236 g/mol. The van der Waals surface area contributed by atoms with E-state index in [2.05, 4.69) is 6.92 Å². The van der Waals surface area contributed by atoms with E-state index in [1.807, 2.05) is 18.2 Å². The molecule has 1 fully saturated rings. The van der Waals surface area contributed by atoms with Crippen molar-refractivity contribution in [2.75, 3.05) is 7.11 Å². The summed E-state index contributed by atoms with van der Waals surface area (Å²) < 4.78 is 11.2. The summed E-state index contributed by atoms with van der Waals surface area (Å²) in [4.78, 5) is 0. The van der Waals surface area contributed by atoms with E-state index in [4.69, 9.17) is 9.47 Å². The molecule has 0 heterocycles. The Morgan fingerprint density at radius 2 is 2.12 bits per heavy atom. The molecule has 3 nitrogen and oxygen atoms in total. The molecule has 0 amide bonds. The molecule has 3 heteroatoms. The van der Waals surface area contributed by atoms with Crippen molar-refractivity contribution in [3.8, 4) is 11.5 Å². The van der Waals surface area contributed by atoms with Gasteiger partial charge in [-0.2, -0.15) is 0 Å². The molecule has 1 aromatic carbocycles. The van der Waals surface area contributed by atoms with Crippen molar-refractivity contribution in [2.24, 2.45) is 0 Å². The number of benzene rings is 1. The van der Waals surface area contributed by atoms with Gasteiger partial charge in [-0.25, -0.2) is 0 Å². The minimum absolute atomic E-state index is 0.0867. The van der Waals surface area contributed by atoms with Gasteiger partial charge >= 0.3 is 0 Å². The Morgan fingerprint density at radius 1 is 1.29 bits per heavy atom. The van der Waals surface area contributed by atoms with Crippen LogP contribution in [0, 0.1) is 0 Å². The predicted octanol–water partition coefficient (Wildman–Crippen LogP) is 2.55. The summed E-state index contributed by atoms with van der Waals surface area (Å²) in [6, 6.07) is 5.97. The third-order valence-electron chi connectivity index (χ3n) is 3.33. The second-order valence-corrected chi connectivity index (χ2v) is 4.49. The van der Waals surface area contributed by atoms with Crippen LogP contribution in [0.3, 0.4) is 0 Å². The van der Waals surface area contributed by atoms with Gasteiger partial charge in [0.25, 0.3) is 0 Å². The predicted molar refractivity (Wildman–Crippen MR) is 66.6 cm³/mol. The molecule has 0 saturated heterocycles. The van der Waals surface area contributed by atoms with E-state index < -0.39 is 0 Å². The van der Waals surface area contributed by atoms with E-state index in [1.54, 1.807) is 7.11 Å². The smallest absolute Gasteiger partial charge is 0.161 e. The number of aryl methyl sites for hydroxylation is 1. The lowest BCUT2D eigenvalue weighted by atomic mass is 10.1. The Kier molecular flexibility index (Phi) is 3.89. The van der Waals surface area contributed by atoms with Crippen molar-refractivity contribution in [1.82, 2.24) is 0 Å². The van der Waals surface area contributed by atoms with Crippen molar-refractivity contribution in [2.45, 2.75) is 44.8 Å². The van der Waals surface area contributed by atoms with Gasteiger partial charge in [0.05, 0.1) is 13.2 Å². The number of aliphatic hydroxyl groups is 1. The van der Waals surface area contributed by atoms with Gasteiger partial charge in [-0.1, -0.05) is 13.0 Å². The van der Waals surface area contributed by atoms with Gasteiger partial charge in [0.1, 0.15) is 6.10 Å². The van der Waals surface area contributed by atoms with Gasteiger partial charge in [-0.05, 0) is 43.4 Å². The molecule has 0 radical (unpaired) electrons. The Balaban J connectivity index is 2.14. The monoisotopic (exact) mass is 236 g/mol. The van der Waals surface area contributed by atoms with Crippen LogP contribution in [-0.2, 0) is 6.42 Å². The van der Waals surface area contributed by atoms with Gasteiger partial charge < -0.3 is 14.6 Å². The molecule has 1 saturated carbocycles. The van der Waals surface area contributed by atoms with Crippen molar-refractivity contribution < 1.29 is 14.6 Å². The van der Waals surface area contributed by atoms with Crippen molar-refractivity contribution in [3.63, 3.8) is 0 Å². The normalized spacial score (nSPS) is 23.7. The zero-order valence-electron chi connectivity index (χ0n) is 10.5. The number of hydrogen-bond donors (Lipinski definition) is 1. The quantitative estimate of drug-likeness (QED) is 0.873. The van der Waals surface area contributed by atoms with Crippen molar-refractivity contribution in [1.29, 1.82) is 0 Å². The first-order valence-corrected chi connectivity index (χ1v) is 6.26. The van der Waals surface area contributed by atoms with Gasteiger partial charge in [0.2, 0.25) is 0 Å². The molecule has 1 aromatic rings. The molecule has 2 atom stereocenters. The topological polar surface area (TPSA) is 38.7 Å². The second-order valence-electron chi connectivity index (χ2n) is 4.49. The van der Waals surface area contributed by atoms with Crippen LogP contribution >= 0.6 is 0 Å². The summed E-state index contributed by atoms with van der Waals surface area (Å²) in [7, 11) is 1.65. The fourth-order valence-corrected chi connectivity index (χ4v) is 2.24. The number of ether oxygens (including phenoxy) is 2. The maximum absolute atomic E-state index is 9.75. The van der Waals surface area contributed by atoms with Crippen molar-refractivity contribution in [3.05, 3.63) is 23.8 Å². The largest absolute Gasteiger partial charge is 0.493 e. The molecule has 17 heavy (non-hydrogen) atoms. The standard InChI is InChI=1S/C14H20O3/c1-3-10-7-8-13(14(9-10)16-2)17-12-6-4-5-11(12)15/h7-9,11-12,15H,3-6H2,1-2H3. The molecule has 1 aliphatic rings. The van der Waals surface area contributed by atoms with Crippen LogP contribution in [0.25, 0.3) is 0 Å². The summed E-state index contributed by atoms with van der Waals surface area (Å²) in [5.74, 6) is 1.49. The molecule has 2 unspecified atom stereocenters. The van der Waals surface area contributed by atoms with E-state index in [-0.39, 0.29) is 12.2 Å². The summed E-state index contributed by atoms with van der Waals surface area (Å²) in [5.41, 5.74) is 1.22. The van der Waals surface area contributed by atoms with E-state index in [0.717, 1.165) is 37.2 Å². The van der Waals surface area contributed by atoms with Crippen LogP contribution in [0.5, 0.6) is 11.5 Å². The fourth-order valence-electron chi connectivity index (χ4n) is 2.24. The maximum atomic E-state index is 9.75. The Labute approximate surface area is 102 Å². The van der Waals surface area contributed by atoms with Crippen LogP contribution in [0.15, 0.2) is 18.2 Å². The first-order valence-electron chi connectivity index (χ1n) is 6.26. The third-order valence-corrected chi connectivity index (χ3v) is 3.33. The molecule has 94 valence electrons. The van der Waals surface area contributed by atoms with E-state index >= 15 is 0 Å². The molecule has 0 aromatic heterocycles. The van der Waals surface area contributed by atoms with Crippen LogP contribution < -0.4 is 9.47 Å². The van der Waals surface area contributed by atoms with Gasteiger partial charge in [0.15, 0.2) is 11.5 Å². The summed E-state index contributed by atoms with van der Waals surface area (Å²) in [5, 5.41) is 9.75. The lowest BCUT2D eigenvalue weighted by molar-refractivity contribution is 0.0586. The zero-order valence-corrected chi connectivity index (χ0v) is 10.5. The molecule has 1 aliphatic carbocycles. The third kappa shape index (κ3) is 2.72. The second kappa shape index (κ2) is 5.41. The number of hydrogen-bond acceptors (Lipinski definition) is 3. The summed E-state index contributed by atoms with van der Waals surface area (Å²) >= 11 is 0. The highest BCUT2D eigenvalue weighted by Gasteiger charge is 2.27. The van der Waals surface area contributed by atoms with Gasteiger partial charge in [0, 0.05) is 0 Å². The average Bonchev–Trinajstić information content (AvgIpc) is 2.75. The molecule has 0 bridgehead atoms. The minimum Gasteiger partial charge on any atom is -0.493 e. The summed E-state index contributed by atoms with van der Waals surface area (Å²) in [6.07, 6.45) is 3.32. The Hall–Kier alpha value is -1.22. The van der Waals surface area contributed by atoms with Crippen LogP contribution in [-0.4, -0.2) is 24.4 Å². The molecular weight excluding hydrogens is 216 g/mol. The highest BCUT2D eigenvalue weighted by atomic mass is 16.5. The lowest BCUT2D eigenvalue weighted by Crippen LogP contribution is -2.25. The minimum atomic E-state index is -0.342. The first kappa shape index (κ1) is 12.2. The molecule has 0 aliphatic heterocycles. The highest BCUT2D eigenvalue weighted by Crippen LogP contribution is 2.32. The first-order chi connectivity index (χ1) is 8.24. The van der Waals surface area contributed by atoms with E-state index in [0.29, 0.717) is 0 Å². The number of methoxy groups -OCH3 is 1. The van der Waals surface area contributed by atoms with Crippen LogP contribution in [0.4, 0.5) is 0 Å². The molecule has 0 spiro atoms. The van der Waals surface area contributed by atoms with Crippen LogP contribution in [0.2, 0.25) is 0 Å². The number of aliphatic hydroxyl groups excluding tert-OH is 1. The summed E-state index contributed by atoms with van der Waals surface area (Å²) in [6.45, 7) is 2.11. The Bertz CT molecular complexity index is 376.